The van der Waals surface area contributed by atoms with Crippen LogP contribution < -0.4 is 9.64 Å². The van der Waals surface area contributed by atoms with Crippen LogP contribution in [0.3, 0.4) is 0 Å². The molecule has 28 heavy (non-hydrogen) atoms. The Morgan fingerprint density at radius 2 is 2.00 bits per heavy atom. The number of nitro groups is 1. The van der Waals surface area contributed by atoms with Gasteiger partial charge < -0.3 is 14.4 Å². The molecule has 0 N–H and O–H groups in total. The van der Waals surface area contributed by atoms with Gasteiger partial charge in [0, 0.05) is 18.3 Å². The number of fused-ring (bicyclic) bond motifs is 1. The second-order valence-corrected chi connectivity index (χ2v) is 6.29. The van der Waals surface area contributed by atoms with Gasteiger partial charge in [0.1, 0.15) is 0 Å². The van der Waals surface area contributed by atoms with Crippen molar-refractivity contribution in [1.29, 1.82) is 0 Å². The van der Waals surface area contributed by atoms with Crippen LogP contribution in [-0.2, 0) is 16.0 Å². The molecule has 1 heterocycles. The fourth-order valence-corrected chi connectivity index (χ4v) is 3.13. The van der Waals surface area contributed by atoms with Gasteiger partial charge in [-0.15, -0.1) is 0 Å². The van der Waals surface area contributed by atoms with Crippen molar-refractivity contribution in [3.8, 4) is 5.75 Å². The second-order valence-electron chi connectivity index (χ2n) is 6.29. The summed E-state index contributed by atoms with van der Waals surface area (Å²) in [5.41, 5.74) is 1.53. The number of carbonyl (C=O) groups is 2. The zero-order valence-electron chi connectivity index (χ0n) is 15.6. The quantitative estimate of drug-likeness (QED) is 0.431. The van der Waals surface area contributed by atoms with Crippen LogP contribution in [0.5, 0.6) is 5.75 Å². The average Bonchev–Trinajstić information content (AvgIpc) is 3.11. The maximum atomic E-state index is 12.7. The van der Waals surface area contributed by atoms with Gasteiger partial charge in [-0.2, -0.15) is 0 Å². The molecule has 2 aromatic carbocycles. The lowest BCUT2D eigenvalue weighted by atomic mass is 10.2. The molecule has 1 amide bonds. The van der Waals surface area contributed by atoms with Gasteiger partial charge in [0.05, 0.1) is 17.1 Å². The van der Waals surface area contributed by atoms with E-state index in [-0.39, 0.29) is 29.5 Å². The number of hydrogen-bond donors (Lipinski definition) is 0. The van der Waals surface area contributed by atoms with E-state index in [0.29, 0.717) is 6.54 Å². The highest BCUT2D eigenvalue weighted by Gasteiger charge is 2.30. The summed E-state index contributed by atoms with van der Waals surface area (Å²) in [5.74, 6) is -1.07. The molecule has 0 unspecified atom stereocenters. The lowest BCUT2D eigenvalue weighted by Gasteiger charge is -2.21. The maximum Gasteiger partial charge on any atom is 0.339 e. The lowest BCUT2D eigenvalue weighted by Crippen LogP contribution is -2.39. The Morgan fingerprint density at radius 1 is 1.25 bits per heavy atom. The van der Waals surface area contributed by atoms with Gasteiger partial charge >= 0.3 is 11.7 Å². The number of amides is 1. The Balaban J connectivity index is 1.73. The Kier molecular flexibility index (Phi) is 5.58. The van der Waals surface area contributed by atoms with E-state index >= 15 is 0 Å². The molecule has 0 spiro atoms. The number of esters is 1. The number of hydrogen-bond acceptors (Lipinski definition) is 6. The average molecular weight is 384 g/mol. The van der Waals surface area contributed by atoms with Gasteiger partial charge in [0.15, 0.2) is 11.9 Å². The molecule has 0 radical (unpaired) electrons. The molecule has 3 rings (SSSR count). The first-order valence-electron chi connectivity index (χ1n) is 8.94. The number of ether oxygens (including phenoxy) is 2. The van der Waals surface area contributed by atoms with E-state index in [2.05, 4.69) is 0 Å². The number of carbonyl (C=O) groups excluding carboxylic acids is 2. The summed E-state index contributed by atoms with van der Waals surface area (Å²) < 4.78 is 10.5. The number of anilines is 1. The normalized spacial score (nSPS) is 13.6. The van der Waals surface area contributed by atoms with Crippen LogP contribution in [-0.4, -0.2) is 36.1 Å². The zero-order chi connectivity index (χ0) is 20.3. The first-order valence-corrected chi connectivity index (χ1v) is 8.94. The molecule has 8 nitrogen and oxygen atoms in total. The lowest BCUT2D eigenvalue weighted by molar-refractivity contribution is -0.385. The van der Waals surface area contributed by atoms with E-state index in [9.17, 15) is 19.7 Å². The maximum absolute atomic E-state index is 12.7. The first-order chi connectivity index (χ1) is 13.4. The van der Waals surface area contributed by atoms with E-state index in [1.807, 2.05) is 24.3 Å². The van der Waals surface area contributed by atoms with Crippen molar-refractivity contribution < 1.29 is 24.0 Å². The Bertz CT molecular complexity index is 927. The molecule has 0 fully saturated rings. The van der Waals surface area contributed by atoms with Crippen molar-refractivity contribution in [3.63, 3.8) is 0 Å². The molecule has 146 valence electrons. The second kappa shape index (κ2) is 8.08. The van der Waals surface area contributed by atoms with E-state index in [1.165, 1.54) is 19.1 Å². The Labute approximate surface area is 161 Å². The molecular weight excluding hydrogens is 364 g/mol. The van der Waals surface area contributed by atoms with Gasteiger partial charge in [-0.05, 0) is 44.0 Å². The summed E-state index contributed by atoms with van der Waals surface area (Å²) in [6, 6.07) is 11.4. The number of benzene rings is 2. The van der Waals surface area contributed by atoms with Crippen LogP contribution >= 0.6 is 0 Å². The molecular formula is C20H20N2O6. The SMILES string of the molecule is CCOc1ccc(C(=O)O[C@@H](C)C(=O)N2CCc3ccccc32)cc1[N+](=O)[O-]. The topological polar surface area (TPSA) is 99.0 Å². The van der Waals surface area contributed by atoms with Crippen LogP contribution in [0.1, 0.15) is 29.8 Å². The summed E-state index contributed by atoms with van der Waals surface area (Å²) in [4.78, 5) is 37.3. The van der Waals surface area contributed by atoms with Crippen molar-refractivity contribution in [2.24, 2.45) is 0 Å². The highest BCUT2D eigenvalue weighted by Crippen LogP contribution is 2.30. The van der Waals surface area contributed by atoms with Crippen molar-refractivity contribution in [3.05, 3.63) is 63.7 Å². The molecule has 1 aliphatic heterocycles. The largest absolute Gasteiger partial charge is 0.487 e. The van der Waals surface area contributed by atoms with Crippen molar-refractivity contribution in [2.45, 2.75) is 26.4 Å². The minimum atomic E-state index is -1.02. The van der Waals surface area contributed by atoms with Crippen LogP contribution in [0.25, 0.3) is 0 Å². The fraction of sp³-hybridized carbons (Fsp3) is 0.300. The number of para-hydroxylation sites is 1. The molecule has 0 aromatic heterocycles. The van der Waals surface area contributed by atoms with Gasteiger partial charge in [-0.1, -0.05) is 18.2 Å². The summed E-state index contributed by atoms with van der Waals surface area (Å²) in [6.07, 6.45) is -0.280. The fourth-order valence-electron chi connectivity index (χ4n) is 3.13. The van der Waals surface area contributed by atoms with Crippen LogP contribution in [0.2, 0.25) is 0 Å². The summed E-state index contributed by atoms with van der Waals surface area (Å²) >= 11 is 0. The van der Waals surface area contributed by atoms with Crippen molar-refractivity contribution in [2.75, 3.05) is 18.1 Å². The molecule has 0 saturated carbocycles. The third-order valence-electron chi connectivity index (χ3n) is 4.48. The van der Waals surface area contributed by atoms with E-state index < -0.39 is 17.0 Å². The smallest absolute Gasteiger partial charge is 0.339 e. The predicted octanol–water partition coefficient (Wildman–Crippen LogP) is 3.13. The highest BCUT2D eigenvalue weighted by atomic mass is 16.6. The summed E-state index contributed by atoms with van der Waals surface area (Å²) in [7, 11) is 0. The zero-order valence-corrected chi connectivity index (χ0v) is 15.6. The third-order valence-corrected chi connectivity index (χ3v) is 4.48. The molecule has 1 atom stereocenters. The third kappa shape index (κ3) is 3.80. The van der Waals surface area contributed by atoms with E-state index in [1.54, 1.807) is 11.8 Å². The van der Waals surface area contributed by atoms with Gasteiger partial charge in [-0.25, -0.2) is 4.79 Å². The van der Waals surface area contributed by atoms with Crippen LogP contribution in [0.15, 0.2) is 42.5 Å². The Morgan fingerprint density at radius 3 is 2.71 bits per heavy atom. The standard InChI is InChI=1S/C20H20N2O6/c1-3-27-18-9-8-15(12-17(18)22(25)26)20(24)28-13(2)19(23)21-11-10-14-6-4-5-7-16(14)21/h4-9,12-13H,3,10-11H2,1-2H3/t13-/m0/s1. The van der Waals surface area contributed by atoms with Gasteiger partial charge in [0.25, 0.3) is 5.91 Å². The van der Waals surface area contributed by atoms with Crippen LogP contribution in [0, 0.1) is 10.1 Å². The molecule has 1 aliphatic rings. The monoisotopic (exact) mass is 384 g/mol. The minimum Gasteiger partial charge on any atom is -0.487 e. The predicted molar refractivity (Wildman–Crippen MR) is 102 cm³/mol. The highest BCUT2D eigenvalue weighted by molar-refractivity contribution is 6.00. The van der Waals surface area contributed by atoms with Gasteiger partial charge in [0.2, 0.25) is 0 Å². The van der Waals surface area contributed by atoms with Crippen molar-refractivity contribution >= 4 is 23.3 Å². The Hall–Kier alpha value is -3.42. The molecule has 8 heteroatoms. The summed E-state index contributed by atoms with van der Waals surface area (Å²) in [6.45, 7) is 3.97. The van der Waals surface area contributed by atoms with Crippen LogP contribution in [0.4, 0.5) is 11.4 Å². The first kappa shape index (κ1) is 19.3. The summed E-state index contributed by atoms with van der Waals surface area (Å²) in [5, 5.41) is 11.2. The molecule has 2 aromatic rings. The number of nitro benzene ring substituents is 1. The number of nitrogens with zero attached hydrogens (tertiary/aromatic N) is 2. The number of rotatable bonds is 6. The molecule has 0 saturated heterocycles. The van der Waals surface area contributed by atoms with Crippen molar-refractivity contribution in [1.82, 2.24) is 0 Å². The minimum absolute atomic E-state index is 0.0170. The molecule has 0 aliphatic carbocycles. The van der Waals surface area contributed by atoms with E-state index in [4.69, 9.17) is 9.47 Å². The van der Waals surface area contributed by atoms with Gasteiger partial charge in [-0.3, -0.25) is 14.9 Å². The van der Waals surface area contributed by atoms with E-state index in [0.717, 1.165) is 23.7 Å². The molecule has 0 bridgehead atoms.